The van der Waals surface area contributed by atoms with E-state index in [0.717, 1.165) is 16.7 Å². The largest absolute Gasteiger partial charge is 0.369 e. The Bertz CT molecular complexity index is 926. The lowest BCUT2D eigenvalue weighted by atomic mass is 9.87. The van der Waals surface area contributed by atoms with Crippen molar-refractivity contribution in [1.82, 2.24) is 4.90 Å². The third-order valence-electron chi connectivity index (χ3n) is 4.62. The topological polar surface area (TPSA) is 82.5 Å². The maximum Gasteiger partial charge on any atom is 0.234 e. The fourth-order valence-corrected chi connectivity index (χ4v) is 3.20. The van der Waals surface area contributed by atoms with Crippen LogP contribution in [-0.4, -0.2) is 23.8 Å². The van der Waals surface area contributed by atoms with Crippen LogP contribution in [0.3, 0.4) is 0 Å². The van der Waals surface area contributed by atoms with Gasteiger partial charge in [-0.2, -0.15) is 5.26 Å². The second-order valence-corrected chi connectivity index (χ2v) is 6.28. The second-order valence-electron chi connectivity index (χ2n) is 6.28. The molecule has 2 aromatic rings. The number of amides is 1. The summed E-state index contributed by atoms with van der Waals surface area (Å²) in [6, 6.07) is 17.1. The molecule has 0 saturated carbocycles. The first kappa shape index (κ1) is 17.4. The SMILES string of the molecule is C=CC[C@H]1C(=O)N(C)C(N)=N[C@@H]1c1cccc(-c2cccc(C#N)c2)c1. The van der Waals surface area contributed by atoms with Crippen molar-refractivity contribution in [3.8, 4) is 17.2 Å². The molecule has 1 aliphatic rings. The van der Waals surface area contributed by atoms with Crippen molar-refractivity contribution in [2.75, 3.05) is 7.05 Å². The van der Waals surface area contributed by atoms with Gasteiger partial charge in [0.25, 0.3) is 0 Å². The molecule has 130 valence electrons. The lowest BCUT2D eigenvalue weighted by molar-refractivity contribution is -0.132. The van der Waals surface area contributed by atoms with Gasteiger partial charge in [-0.1, -0.05) is 36.4 Å². The van der Waals surface area contributed by atoms with Gasteiger partial charge in [0.15, 0.2) is 5.96 Å². The molecule has 5 nitrogen and oxygen atoms in total. The van der Waals surface area contributed by atoms with E-state index in [1.54, 1.807) is 19.2 Å². The number of aliphatic imine (C=N–C) groups is 1. The van der Waals surface area contributed by atoms with Gasteiger partial charge in [-0.05, 0) is 41.3 Å². The van der Waals surface area contributed by atoms with Crippen LogP contribution in [0.4, 0.5) is 0 Å². The minimum atomic E-state index is -0.351. The van der Waals surface area contributed by atoms with Crippen molar-refractivity contribution in [3.63, 3.8) is 0 Å². The van der Waals surface area contributed by atoms with Crippen molar-refractivity contribution >= 4 is 11.9 Å². The lowest BCUT2D eigenvalue weighted by Gasteiger charge is -2.32. The molecule has 0 spiro atoms. The van der Waals surface area contributed by atoms with Crippen molar-refractivity contribution in [3.05, 3.63) is 72.3 Å². The third-order valence-corrected chi connectivity index (χ3v) is 4.62. The highest BCUT2D eigenvalue weighted by atomic mass is 16.2. The molecular formula is C21H20N4O. The van der Waals surface area contributed by atoms with Crippen LogP contribution in [0.15, 0.2) is 66.2 Å². The van der Waals surface area contributed by atoms with E-state index in [1.165, 1.54) is 4.90 Å². The predicted octanol–water partition coefficient (Wildman–Crippen LogP) is 3.25. The monoisotopic (exact) mass is 344 g/mol. The molecule has 3 rings (SSSR count). The molecule has 0 radical (unpaired) electrons. The summed E-state index contributed by atoms with van der Waals surface area (Å²) in [6.45, 7) is 3.76. The molecule has 0 unspecified atom stereocenters. The molecule has 0 fully saturated rings. The highest BCUT2D eigenvalue weighted by Gasteiger charge is 2.36. The first-order chi connectivity index (χ1) is 12.5. The summed E-state index contributed by atoms with van der Waals surface area (Å²) in [5, 5.41) is 9.11. The maximum atomic E-state index is 12.6. The fourth-order valence-electron chi connectivity index (χ4n) is 3.20. The second kappa shape index (κ2) is 7.24. The van der Waals surface area contributed by atoms with E-state index in [2.05, 4.69) is 17.6 Å². The van der Waals surface area contributed by atoms with E-state index in [-0.39, 0.29) is 23.8 Å². The van der Waals surface area contributed by atoms with E-state index in [1.807, 2.05) is 42.5 Å². The first-order valence-electron chi connectivity index (χ1n) is 8.37. The van der Waals surface area contributed by atoms with Crippen molar-refractivity contribution in [1.29, 1.82) is 5.26 Å². The van der Waals surface area contributed by atoms with Crippen LogP contribution in [0.2, 0.25) is 0 Å². The number of hydrogen-bond acceptors (Lipinski definition) is 4. The predicted molar refractivity (Wildman–Crippen MR) is 102 cm³/mol. The molecule has 1 aliphatic heterocycles. The molecule has 2 atom stereocenters. The minimum absolute atomic E-state index is 0.0562. The Morgan fingerprint density at radius 1 is 1.27 bits per heavy atom. The molecule has 2 aromatic carbocycles. The Hall–Kier alpha value is -3.39. The van der Waals surface area contributed by atoms with Crippen LogP contribution in [0, 0.1) is 17.2 Å². The number of hydrogen-bond donors (Lipinski definition) is 1. The Balaban J connectivity index is 2.04. The Kier molecular flexibility index (Phi) is 4.85. The number of benzene rings is 2. The van der Waals surface area contributed by atoms with Crippen LogP contribution in [0.25, 0.3) is 11.1 Å². The number of guanidine groups is 1. The summed E-state index contributed by atoms with van der Waals surface area (Å²) >= 11 is 0. The summed E-state index contributed by atoms with van der Waals surface area (Å²) in [5.74, 6) is -0.165. The Morgan fingerprint density at radius 2 is 1.96 bits per heavy atom. The van der Waals surface area contributed by atoms with Crippen LogP contribution in [0.5, 0.6) is 0 Å². The van der Waals surface area contributed by atoms with Crippen LogP contribution >= 0.6 is 0 Å². The third kappa shape index (κ3) is 3.22. The van der Waals surface area contributed by atoms with E-state index in [4.69, 9.17) is 11.0 Å². The molecule has 5 heteroatoms. The van der Waals surface area contributed by atoms with Gasteiger partial charge in [0.1, 0.15) is 0 Å². The average molecular weight is 344 g/mol. The van der Waals surface area contributed by atoms with Gasteiger partial charge in [0, 0.05) is 7.05 Å². The van der Waals surface area contributed by atoms with Crippen LogP contribution < -0.4 is 5.73 Å². The number of nitrogens with zero attached hydrogens (tertiary/aromatic N) is 3. The normalized spacial score (nSPS) is 19.6. The molecule has 1 heterocycles. The van der Waals surface area contributed by atoms with E-state index in [9.17, 15) is 4.79 Å². The molecule has 0 saturated heterocycles. The zero-order valence-corrected chi connectivity index (χ0v) is 14.6. The quantitative estimate of drug-likeness (QED) is 0.864. The van der Waals surface area contributed by atoms with Gasteiger partial charge in [0.2, 0.25) is 5.91 Å². The molecule has 2 N–H and O–H groups in total. The highest BCUT2D eigenvalue weighted by Crippen LogP contribution is 2.35. The number of nitriles is 1. The molecule has 0 aliphatic carbocycles. The molecular weight excluding hydrogens is 324 g/mol. The summed E-state index contributed by atoms with van der Waals surface area (Å²) in [7, 11) is 1.64. The highest BCUT2D eigenvalue weighted by molar-refractivity contribution is 5.99. The van der Waals surface area contributed by atoms with Crippen molar-refractivity contribution in [2.24, 2.45) is 16.6 Å². The summed E-state index contributed by atoms with van der Waals surface area (Å²) in [6.07, 6.45) is 2.26. The zero-order valence-electron chi connectivity index (χ0n) is 14.6. The van der Waals surface area contributed by atoms with Gasteiger partial charge in [-0.25, -0.2) is 4.99 Å². The summed E-state index contributed by atoms with van der Waals surface area (Å²) < 4.78 is 0. The van der Waals surface area contributed by atoms with Gasteiger partial charge < -0.3 is 5.73 Å². The minimum Gasteiger partial charge on any atom is -0.369 e. The molecule has 0 bridgehead atoms. The first-order valence-corrected chi connectivity index (χ1v) is 8.37. The summed E-state index contributed by atoms with van der Waals surface area (Å²) in [4.78, 5) is 18.6. The lowest BCUT2D eigenvalue weighted by Crippen LogP contribution is -2.47. The van der Waals surface area contributed by atoms with Crippen LogP contribution in [0.1, 0.15) is 23.6 Å². The number of carbonyl (C=O) groups excluding carboxylic acids is 1. The average Bonchev–Trinajstić information content (AvgIpc) is 2.68. The van der Waals surface area contributed by atoms with E-state index in [0.29, 0.717) is 12.0 Å². The molecule has 26 heavy (non-hydrogen) atoms. The van der Waals surface area contributed by atoms with E-state index >= 15 is 0 Å². The van der Waals surface area contributed by atoms with E-state index < -0.39 is 0 Å². The van der Waals surface area contributed by atoms with Gasteiger partial charge in [0.05, 0.1) is 23.6 Å². The Labute approximate surface area is 153 Å². The van der Waals surface area contributed by atoms with Gasteiger partial charge in [-0.3, -0.25) is 9.69 Å². The number of nitrogens with two attached hydrogens (primary N) is 1. The zero-order chi connectivity index (χ0) is 18.7. The molecule has 0 aromatic heterocycles. The standard InChI is InChI=1S/C21H20N4O/c1-3-6-18-19(24-21(23)25(2)20(18)26)17-10-5-9-16(12-17)15-8-4-7-14(11-15)13-22/h3-5,7-12,18-19H,1,6H2,2H3,(H2,23,24)/t18-,19-/m1/s1. The number of rotatable bonds is 4. The van der Waals surface area contributed by atoms with Gasteiger partial charge >= 0.3 is 0 Å². The maximum absolute atomic E-state index is 12.6. The van der Waals surface area contributed by atoms with Crippen molar-refractivity contribution in [2.45, 2.75) is 12.5 Å². The number of carbonyl (C=O) groups is 1. The smallest absolute Gasteiger partial charge is 0.234 e. The molecule has 1 amide bonds. The van der Waals surface area contributed by atoms with Crippen molar-refractivity contribution < 1.29 is 4.79 Å². The number of allylic oxidation sites excluding steroid dienone is 1. The fraction of sp³-hybridized carbons (Fsp3) is 0.190. The van der Waals surface area contributed by atoms with Crippen LogP contribution in [-0.2, 0) is 4.79 Å². The Morgan fingerprint density at radius 3 is 2.65 bits per heavy atom. The van der Waals surface area contributed by atoms with Gasteiger partial charge in [-0.15, -0.1) is 6.58 Å². The summed E-state index contributed by atoms with van der Waals surface area (Å²) in [5.41, 5.74) is 9.37.